The topological polar surface area (TPSA) is 43.8 Å². The molecule has 0 unspecified atom stereocenters. The molecule has 1 N–H and O–H groups in total. The maximum Gasteiger partial charge on any atom is 0.407 e. The van der Waals surface area contributed by atoms with Crippen molar-refractivity contribution in [2.24, 2.45) is 5.92 Å². The monoisotopic (exact) mass is 262 g/mol. The molecular weight excluding hydrogens is 228 g/mol. The van der Waals surface area contributed by atoms with Gasteiger partial charge in [-0.05, 0) is 66.3 Å². The minimum Gasteiger partial charge on any atom is -0.465 e. The summed E-state index contributed by atoms with van der Waals surface area (Å²) in [6, 6.07) is -0.118. The third-order valence-electron chi connectivity index (χ3n) is 3.55. The summed E-state index contributed by atoms with van der Waals surface area (Å²) >= 11 is 0. The Bertz CT molecular complexity index is 422. The van der Waals surface area contributed by atoms with E-state index >= 15 is 0 Å². The number of carbonyl (C=O) groups is 1. The molecule has 0 aromatic carbocycles. The van der Waals surface area contributed by atoms with Crippen LogP contribution in [0, 0.1) is 5.92 Å². The molecule has 0 bridgehead atoms. The van der Waals surface area contributed by atoms with Crippen LogP contribution in [0.15, 0.2) is 0 Å². The Labute approximate surface area is 119 Å². The van der Waals surface area contributed by atoms with E-state index in [0.29, 0.717) is 30.6 Å². The predicted octanol–water partition coefficient (Wildman–Crippen LogP) is 2.89. The first-order valence-corrected chi connectivity index (χ1v) is 6.44. The van der Waals surface area contributed by atoms with Crippen molar-refractivity contribution in [1.29, 1.82) is 0 Å². The van der Waals surface area contributed by atoms with Gasteiger partial charge in [-0.25, -0.2) is 4.79 Å². The molecule has 0 radical (unpaired) electrons. The van der Waals surface area contributed by atoms with E-state index < -0.39 is 25.6 Å². The molecule has 0 heterocycles. The van der Waals surface area contributed by atoms with Crippen molar-refractivity contribution in [3.05, 3.63) is 0 Å². The van der Waals surface area contributed by atoms with Crippen molar-refractivity contribution in [3.8, 4) is 0 Å². The van der Waals surface area contributed by atoms with Crippen LogP contribution < -0.4 is 0 Å². The second-order valence-corrected chi connectivity index (χ2v) is 6.11. The molecule has 1 aliphatic carbocycles. The fraction of sp³-hybridized carbons (Fsp3) is 0.929. The largest absolute Gasteiger partial charge is 0.465 e. The highest BCUT2D eigenvalue weighted by atomic mass is 16.4. The van der Waals surface area contributed by atoms with E-state index in [2.05, 4.69) is 0 Å². The lowest BCUT2D eigenvalue weighted by Crippen LogP contribution is -2.52. The van der Waals surface area contributed by atoms with Gasteiger partial charge in [0.2, 0.25) is 0 Å². The summed E-state index contributed by atoms with van der Waals surface area (Å²) in [5.74, 6) is -0.0577. The van der Waals surface area contributed by atoms with Gasteiger partial charge in [0.15, 0.2) is 0 Å². The van der Waals surface area contributed by atoms with E-state index in [0.717, 1.165) is 0 Å². The number of hydrogen-bond acceptors (Lipinski definition) is 2. The Kier molecular flexibility index (Phi) is 2.76. The van der Waals surface area contributed by atoms with Gasteiger partial charge in [0.05, 0.1) is 0 Å². The molecule has 1 amide bonds. The van der Waals surface area contributed by atoms with Crippen LogP contribution in [0.25, 0.3) is 0 Å². The van der Waals surface area contributed by atoms with Crippen molar-refractivity contribution in [2.45, 2.75) is 58.0 Å². The average molecular weight is 262 g/mol. The molecule has 106 valence electrons. The van der Waals surface area contributed by atoms with Crippen molar-refractivity contribution in [1.82, 2.24) is 9.80 Å². The van der Waals surface area contributed by atoms with Crippen LogP contribution in [0.5, 0.6) is 0 Å². The molecule has 1 fully saturated rings. The fourth-order valence-corrected chi connectivity index (χ4v) is 2.83. The number of rotatable bonds is 3. The van der Waals surface area contributed by atoms with E-state index in [1.807, 2.05) is 20.8 Å². The summed E-state index contributed by atoms with van der Waals surface area (Å²) in [5, 5.41) is 9.45. The van der Waals surface area contributed by atoms with Crippen LogP contribution >= 0.6 is 0 Å². The van der Waals surface area contributed by atoms with Crippen molar-refractivity contribution in [3.63, 3.8) is 0 Å². The third-order valence-corrected chi connectivity index (χ3v) is 3.55. The molecule has 0 aliphatic heterocycles. The average Bonchev–Trinajstić information content (AvgIpc) is 2.32. The molecule has 4 heteroatoms. The number of carboxylic acid groups (broad SMARTS) is 1. The van der Waals surface area contributed by atoms with E-state index in [9.17, 15) is 9.90 Å². The van der Waals surface area contributed by atoms with Crippen molar-refractivity contribution < 1.29 is 18.1 Å². The van der Waals surface area contributed by atoms with Gasteiger partial charge in [-0.2, -0.15) is 0 Å². The summed E-state index contributed by atoms with van der Waals surface area (Å²) in [5.41, 5.74) is -0.507. The van der Waals surface area contributed by atoms with Crippen LogP contribution in [0.4, 0.5) is 4.79 Å². The molecule has 0 atom stereocenters. The van der Waals surface area contributed by atoms with E-state index in [4.69, 9.17) is 8.22 Å². The van der Waals surface area contributed by atoms with E-state index in [1.165, 1.54) is 4.90 Å². The van der Waals surface area contributed by atoms with Gasteiger partial charge >= 0.3 is 6.09 Å². The zero-order valence-electron chi connectivity index (χ0n) is 17.4. The minimum absolute atomic E-state index is 0.0255. The second-order valence-electron chi connectivity index (χ2n) is 6.11. The normalized spacial score (nSPS) is 31.6. The zero-order valence-corrected chi connectivity index (χ0v) is 11.4. The van der Waals surface area contributed by atoms with Gasteiger partial charge in [0.25, 0.3) is 0 Å². The molecule has 4 nitrogen and oxygen atoms in total. The number of nitrogens with zero attached hydrogens (tertiary/aromatic N) is 2. The molecule has 0 spiro atoms. The Morgan fingerprint density at radius 3 is 2.22 bits per heavy atom. The molecule has 1 aliphatic rings. The lowest BCUT2D eigenvalue weighted by atomic mass is 9.83. The highest BCUT2D eigenvalue weighted by molar-refractivity contribution is 5.66. The fourth-order valence-electron chi connectivity index (χ4n) is 2.83. The number of hydrogen-bond donors (Lipinski definition) is 1. The number of amides is 1. The minimum atomic E-state index is -2.67. The molecule has 0 aromatic rings. The lowest BCUT2D eigenvalue weighted by molar-refractivity contribution is 0.0483. The predicted molar refractivity (Wildman–Crippen MR) is 73.9 cm³/mol. The molecule has 0 saturated heterocycles. The maximum absolute atomic E-state index is 11.5. The summed E-state index contributed by atoms with van der Waals surface area (Å²) < 4.78 is 44.5. The zero-order chi connectivity index (χ0) is 18.9. The lowest BCUT2D eigenvalue weighted by Gasteiger charge is -2.43. The standard InChI is InChI=1S/C14H28N2O2/c1-14(2,3)16(13(17)18)12-8-6-11(7-9-12)10-15(4)5/h11-12H,6-10H2,1-5H3,(H,17,18)/i4D3,5D3. The van der Waals surface area contributed by atoms with Crippen molar-refractivity contribution in [2.75, 3.05) is 20.5 Å². The summed E-state index contributed by atoms with van der Waals surface area (Å²) in [6.45, 7) is 0.179. The summed E-state index contributed by atoms with van der Waals surface area (Å²) in [7, 11) is 0. The van der Waals surface area contributed by atoms with Gasteiger partial charge in [-0.15, -0.1) is 0 Å². The maximum atomic E-state index is 11.5. The molecule has 1 rings (SSSR count). The SMILES string of the molecule is [2H]C([2H])([2H])N(CC1CCC(N(C(=O)O)C(C)(C)C)CC1)C([2H])([2H])[2H]. The van der Waals surface area contributed by atoms with E-state index in [-0.39, 0.29) is 18.5 Å². The van der Waals surface area contributed by atoms with E-state index in [1.54, 1.807) is 0 Å². The van der Waals surface area contributed by atoms with Crippen molar-refractivity contribution >= 4 is 6.09 Å². The summed E-state index contributed by atoms with van der Waals surface area (Å²) in [4.78, 5) is 13.6. The molecular formula is C14H28N2O2. The van der Waals surface area contributed by atoms with Gasteiger partial charge < -0.3 is 14.9 Å². The van der Waals surface area contributed by atoms with Crippen LogP contribution in [-0.2, 0) is 0 Å². The third kappa shape index (κ3) is 4.16. The van der Waals surface area contributed by atoms with Gasteiger partial charge in [0, 0.05) is 26.4 Å². The molecule has 0 aromatic heterocycles. The highest BCUT2D eigenvalue weighted by Crippen LogP contribution is 2.31. The Morgan fingerprint density at radius 1 is 1.28 bits per heavy atom. The van der Waals surface area contributed by atoms with Gasteiger partial charge in [-0.3, -0.25) is 0 Å². The first kappa shape index (κ1) is 8.41. The molecule has 1 saturated carbocycles. The van der Waals surface area contributed by atoms with Crippen LogP contribution in [-0.4, -0.2) is 53.1 Å². The van der Waals surface area contributed by atoms with Crippen LogP contribution in [0.3, 0.4) is 0 Å². The summed E-state index contributed by atoms with van der Waals surface area (Å²) in [6.07, 6.45) is 1.51. The Balaban J connectivity index is 2.73. The van der Waals surface area contributed by atoms with Crippen LogP contribution in [0.2, 0.25) is 0 Å². The quantitative estimate of drug-likeness (QED) is 0.850. The molecule has 18 heavy (non-hydrogen) atoms. The Morgan fingerprint density at radius 2 is 1.83 bits per heavy atom. The highest BCUT2D eigenvalue weighted by Gasteiger charge is 2.35. The van der Waals surface area contributed by atoms with Gasteiger partial charge in [-0.1, -0.05) is 0 Å². The van der Waals surface area contributed by atoms with Crippen LogP contribution in [0.1, 0.15) is 54.7 Å². The second kappa shape index (κ2) is 5.91. The first-order valence-electron chi connectivity index (χ1n) is 9.44. The first-order chi connectivity index (χ1) is 10.6. The Hall–Kier alpha value is -0.770. The van der Waals surface area contributed by atoms with Gasteiger partial charge in [0.1, 0.15) is 0 Å². The smallest absolute Gasteiger partial charge is 0.407 e.